The molecule has 1 aliphatic heterocycles. The molecule has 32 heavy (non-hydrogen) atoms. The SMILES string of the molecule is COCO[C@]1(Cc2cc(OCc3ccccc3)c(C)cn2)C(=O)N(COC)[C@H]1CC(C)C. The molecule has 2 atom stereocenters. The van der Waals surface area contributed by atoms with Crippen molar-refractivity contribution in [2.45, 2.75) is 51.9 Å². The average Bonchev–Trinajstić information content (AvgIpc) is 2.79. The molecule has 174 valence electrons. The van der Waals surface area contributed by atoms with Crippen molar-refractivity contribution in [2.24, 2.45) is 5.92 Å². The first-order valence-corrected chi connectivity index (χ1v) is 11.0. The van der Waals surface area contributed by atoms with E-state index < -0.39 is 5.60 Å². The van der Waals surface area contributed by atoms with Crippen LogP contribution in [0.3, 0.4) is 0 Å². The number of amides is 1. The standard InChI is InChI=1S/C25H34N2O5/c1-18(2)11-23-25(32-17-30-5,24(28)27(23)16-29-4)13-21-12-22(19(3)14-26-21)31-15-20-9-7-6-8-10-20/h6-10,12,14,18,23H,11,13,15-17H2,1-5H3/t23-,25-/m0/s1. The number of aromatic nitrogens is 1. The van der Waals surface area contributed by atoms with Gasteiger partial charge in [-0.1, -0.05) is 44.2 Å². The number of aryl methyl sites for hydroxylation is 1. The number of likely N-dealkylation sites (tertiary alicyclic amines) is 1. The Morgan fingerprint density at radius 1 is 1.16 bits per heavy atom. The molecule has 0 bridgehead atoms. The highest BCUT2D eigenvalue weighted by Gasteiger charge is 2.62. The normalized spacial score (nSPS) is 20.5. The van der Waals surface area contributed by atoms with Crippen LogP contribution in [0.25, 0.3) is 0 Å². The number of carbonyl (C=O) groups is 1. The second-order valence-corrected chi connectivity index (χ2v) is 8.67. The molecule has 1 fully saturated rings. The van der Waals surface area contributed by atoms with E-state index in [1.807, 2.05) is 43.3 Å². The van der Waals surface area contributed by atoms with E-state index in [-0.39, 0.29) is 25.5 Å². The van der Waals surface area contributed by atoms with E-state index in [2.05, 4.69) is 18.8 Å². The van der Waals surface area contributed by atoms with Crippen LogP contribution in [0, 0.1) is 12.8 Å². The van der Waals surface area contributed by atoms with E-state index >= 15 is 0 Å². The van der Waals surface area contributed by atoms with Gasteiger partial charge in [-0.2, -0.15) is 0 Å². The zero-order chi connectivity index (χ0) is 23.1. The van der Waals surface area contributed by atoms with E-state index in [9.17, 15) is 4.79 Å². The minimum Gasteiger partial charge on any atom is -0.489 e. The molecule has 0 radical (unpaired) electrons. The van der Waals surface area contributed by atoms with Crippen LogP contribution < -0.4 is 4.74 Å². The van der Waals surface area contributed by atoms with Gasteiger partial charge in [0.05, 0.1) is 6.04 Å². The fourth-order valence-corrected chi connectivity index (χ4v) is 4.13. The van der Waals surface area contributed by atoms with Crippen molar-refractivity contribution >= 4 is 5.91 Å². The third-order valence-electron chi connectivity index (χ3n) is 5.73. The van der Waals surface area contributed by atoms with Crippen LogP contribution >= 0.6 is 0 Å². The molecular weight excluding hydrogens is 408 g/mol. The third kappa shape index (κ3) is 5.28. The predicted molar refractivity (Wildman–Crippen MR) is 121 cm³/mol. The summed E-state index contributed by atoms with van der Waals surface area (Å²) in [6, 6.07) is 11.8. The van der Waals surface area contributed by atoms with Gasteiger partial charge in [0.25, 0.3) is 5.91 Å². The number of hydrogen-bond acceptors (Lipinski definition) is 6. The highest BCUT2D eigenvalue weighted by molar-refractivity contribution is 5.93. The molecule has 1 aromatic heterocycles. The Balaban J connectivity index is 1.84. The molecule has 1 amide bonds. The lowest BCUT2D eigenvalue weighted by Crippen LogP contribution is -2.76. The van der Waals surface area contributed by atoms with Gasteiger partial charge in [0, 0.05) is 44.2 Å². The van der Waals surface area contributed by atoms with Crippen LogP contribution in [-0.2, 0) is 32.0 Å². The molecule has 1 aromatic carbocycles. The van der Waals surface area contributed by atoms with Crippen molar-refractivity contribution in [1.29, 1.82) is 0 Å². The largest absolute Gasteiger partial charge is 0.489 e. The minimum atomic E-state index is -1.03. The van der Waals surface area contributed by atoms with Gasteiger partial charge in [0.2, 0.25) is 0 Å². The summed E-state index contributed by atoms with van der Waals surface area (Å²) in [5.41, 5.74) is 1.74. The summed E-state index contributed by atoms with van der Waals surface area (Å²) in [6.45, 7) is 6.96. The summed E-state index contributed by atoms with van der Waals surface area (Å²) < 4.78 is 22.6. The number of rotatable bonds is 12. The second kappa shape index (κ2) is 10.9. The van der Waals surface area contributed by atoms with Crippen molar-refractivity contribution < 1.29 is 23.7 Å². The number of hydrogen-bond donors (Lipinski definition) is 0. The van der Waals surface area contributed by atoms with Crippen LogP contribution in [0.4, 0.5) is 0 Å². The van der Waals surface area contributed by atoms with E-state index in [1.165, 1.54) is 0 Å². The van der Waals surface area contributed by atoms with Gasteiger partial charge in [0.1, 0.15) is 25.9 Å². The molecule has 0 spiro atoms. The second-order valence-electron chi connectivity index (χ2n) is 8.67. The molecule has 0 aliphatic carbocycles. The topological polar surface area (TPSA) is 70.1 Å². The van der Waals surface area contributed by atoms with Crippen molar-refractivity contribution in [3.8, 4) is 5.75 Å². The van der Waals surface area contributed by atoms with Crippen LogP contribution in [0.2, 0.25) is 0 Å². The van der Waals surface area contributed by atoms with E-state index in [0.717, 1.165) is 29.0 Å². The molecule has 0 unspecified atom stereocenters. The Morgan fingerprint density at radius 2 is 1.91 bits per heavy atom. The number of methoxy groups -OCH3 is 2. The lowest BCUT2D eigenvalue weighted by atomic mass is 9.75. The molecular formula is C25H34N2O5. The highest BCUT2D eigenvalue weighted by Crippen LogP contribution is 2.41. The Morgan fingerprint density at radius 3 is 2.56 bits per heavy atom. The highest BCUT2D eigenvalue weighted by atomic mass is 16.7. The zero-order valence-corrected chi connectivity index (χ0v) is 19.7. The summed E-state index contributed by atoms with van der Waals surface area (Å²) >= 11 is 0. The average molecular weight is 443 g/mol. The zero-order valence-electron chi connectivity index (χ0n) is 19.7. The molecule has 2 heterocycles. The molecule has 0 saturated carbocycles. The Hall–Kier alpha value is -2.48. The number of β-lactam (4-membered cyclic amide) rings is 1. The summed E-state index contributed by atoms with van der Waals surface area (Å²) in [7, 11) is 3.15. The lowest BCUT2D eigenvalue weighted by Gasteiger charge is -2.55. The van der Waals surface area contributed by atoms with Crippen LogP contribution in [0.15, 0.2) is 42.6 Å². The quantitative estimate of drug-likeness (QED) is 0.369. The van der Waals surface area contributed by atoms with E-state index in [1.54, 1.807) is 25.3 Å². The molecule has 7 nitrogen and oxygen atoms in total. The van der Waals surface area contributed by atoms with Crippen molar-refractivity contribution in [3.05, 3.63) is 59.4 Å². The van der Waals surface area contributed by atoms with Gasteiger partial charge in [-0.05, 0) is 24.8 Å². The predicted octanol–water partition coefficient (Wildman–Crippen LogP) is 3.73. The number of nitrogens with zero attached hydrogens (tertiary/aromatic N) is 2. The summed E-state index contributed by atoms with van der Waals surface area (Å²) in [5, 5.41) is 0. The third-order valence-corrected chi connectivity index (χ3v) is 5.73. The molecule has 7 heteroatoms. The van der Waals surface area contributed by atoms with Crippen molar-refractivity contribution in [1.82, 2.24) is 9.88 Å². The van der Waals surface area contributed by atoms with Gasteiger partial charge >= 0.3 is 0 Å². The van der Waals surface area contributed by atoms with Crippen molar-refractivity contribution in [3.63, 3.8) is 0 Å². The molecule has 1 aliphatic rings. The first kappa shape index (κ1) is 24.2. The summed E-state index contributed by atoms with van der Waals surface area (Å²) in [5.74, 6) is 1.03. The molecule has 0 N–H and O–H groups in total. The first-order chi connectivity index (χ1) is 15.4. The number of benzene rings is 1. The lowest BCUT2D eigenvalue weighted by molar-refractivity contribution is -0.235. The summed E-state index contributed by atoms with van der Waals surface area (Å²) in [6.07, 6.45) is 2.92. The van der Waals surface area contributed by atoms with Gasteiger partial charge in [-0.15, -0.1) is 0 Å². The van der Waals surface area contributed by atoms with Gasteiger partial charge in [0.15, 0.2) is 5.60 Å². The monoisotopic (exact) mass is 442 g/mol. The van der Waals surface area contributed by atoms with E-state index in [0.29, 0.717) is 18.9 Å². The number of pyridine rings is 1. The van der Waals surface area contributed by atoms with Crippen LogP contribution in [0.5, 0.6) is 5.75 Å². The maximum Gasteiger partial charge on any atom is 0.259 e. The Bertz CT molecular complexity index is 889. The fourth-order valence-electron chi connectivity index (χ4n) is 4.13. The fraction of sp³-hybridized carbons (Fsp3) is 0.520. The van der Waals surface area contributed by atoms with Crippen LogP contribution in [0.1, 0.15) is 37.1 Å². The van der Waals surface area contributed by atoms with Gasteiger partial charge in [-0.25, -0.2) is 0 Å². The Kier molecular flexibility index (Phi) is 8.23. The Labute approximate surface area is 190 Å². The smallest absolute Gasteiger partial charge is 0.259 e. The maximum atomic E-state index is 13.2. The first-order valence-electron chi connectivity index (χ1n) is 11.0. The summed E-state index contributed by atoms with van der Waals surface area (Å²) in [4.78, 5) is 19.6. The van der Waals surface area contributed by atoms with Crippen molar-refractivity contribution in [2.75, 3.05) is 27.7 Å². The van der Waals surface area contributed by atoms with Gasteiger partial charge in [-0.3, -0.25) is 9.78 Å². The molecule has 1 saturated heterocycles. The maximum absolute atomic E-state index is 13.2. The molecule has 3 rings (SSSR count). The number of ether oxygens (including phenoxy) is 4. The number of carbonyl (C=O) groups excluding carboxylic acids is 1. The van der Waals surface area contributed by atoms with Crippen LogP contribution in [-0.4, -0.2) is 55.2 Å². The van der Waals surface area contributed by atoms with Gasteiger partial charge < -0.3 is 23.8 Å². The minimum absolute atomic E-state index is 0.0321. The van der Waals surface area contributed by atoms with E-state index in [4.69, 9.17) is 18.9 Å². The molecule has 2 aromatic rings.